The van der Waals surface area contributed by atoms with Crippen LogP contribution in [0.2, 0.25) is 0 Å². The third kappa shape index (κ3) is 2.98. The minimum Gasteiger partial charge on any atom is -0.381 e. The quantitative estimate of drug-likeness (QED) is 0.887. The zero-order chi connectivity index (χ0) is 18.3. The van der Waals surface area contributed by atoms with Crippen LogP contribution >= 0.6 is 0 Å². The largest absolute Gasteiger partial charge is 0.381 e. The third-order valence-electron chi connectivity index (χ3n) is 5.75. The molecule has 4 rings (SSSR count). The second-order valence-corrected chi connectivity index (χ2v) is 7.33. The van der Waals surface area contributed by atoms with Crippen LogP contribution in [0.1, 0.15) is 40.9 Å². The number of carbonyl (C=O) groups is 2. The lowest BCUT2D eigenvalue weighted by atomic mass is 10.1. The van der Waals surface area contributed by atoms with Gasteiger partial charge in [0.1, 0.15) is 6.04 Å². The number of amides is 2. The van der Waals surface area contributed by atoms with Gasteiger partial charge in [-0.15, -0.1) is 0 Å². The van der Waals surface area contributed by atoms with Gasteiger partial charge in [-0.05, 0) is 56.9 Å². The zero-order valence-corrected chi connectivity index (χ0v) is 15.3. The van der Waals surface area contributed by atoms with Crippen LogP contribution in [0.3, 0.4) is 0 Å². The molecule has 6 nitrogen and oxygen atoms in total. The lowest BCUT2D eigenvalue weighted by Gasteiger charge is -2.31. The lowest BCUT2D eigenvalue weighted by molar-refractivity contribution is -0.132. The Balaban J connectivity index is 1.46. The van der Waals surface area contributed by atoms with E-state index in [-0.39, 0.29) is 17.9 Å². The monoisotopic (exact) mass is 355 g/mol. The summed E-state index contributed by atoms with van der Waals surface area (Å²) >= 11 is 0. The zero-order valence-electron chi connectivity index (χ0n) is 15.3. The van der Waals surface area contributed by atoms with Gasteiger partial charge in [-0.1, -0.05) is 0 Å². The molecule has 1 aromatic carbocycles. The van der Waals surface area contributed by atoms with E-state index in [1.54, 1.807) is 0 Å². The molecule has 2 saturated heterocycles. The smallest absolute Gasteiger partial charge is 0.251 e. The fourth-order valence-corrected chi connectivity index (χ4v) is 4.04. The molecule has 0 spiro atoms. The molecule has 0 bridgehead atoms. The molecule has 2 aliphatic rings. The van der Waals surface area contributed by atoms with Crippen molar-refractivity contribution in [1.82, 2.24) is 15.2 Å². The van der Waals surface area contributed by atoms with Gasteiger partial charge in [-0.25, -0.2) is 0 Å². The summed E-state index contributed by atoms with van der Waals surface area (Å²) in [5.74, 6) is -0.141. The second kappa shape index (κ2) is 6.76. The Labute approximate surface area is 152 Å². The van der Waals surface area contributed by atoms with Gasteiger partial charge >= 0.3 is 0 Å². The van der Waals surface area contributed by atoms with Crippen molar-refractivity contribution >= 4 is 22.7 Å². The number of nitrogens with zero attached hydrogens (tertiary/aromatic N) is 1. The summed E-state index contributed by atoms with van der Waals surface area (Å²) in [7, 11) is 0. The number of carbonyl (C=O) groups excluding carboxylic acids is 2. The fourth-order valence-electron chi connectivity index (χ4n) is 4.04. The highest BCUT2D eigenvalue weighted by Gasteiger charge is 2.37. The van der Waals surface area contributed by atoms with Crippen LogP contribution in [-0.2, 0) is 9.53 Å². The summed E-state index contributed by atoms with van der Waals surface area (Å²) in [4.78, 5) is 30.6. The predicted molar refractivity (Wildman–Crippen MR) is 99.2 cm³/mol. The molecular weight excluding hydrogens is 330 g/mol. The number of aromatic amines is 1. The maximum absolute atomic E-state index is 12.7. The highest BCUT2D eigenvalue weighted by atomic mass is 16.5. The molecule has 0 saturated carbocycles. The first kappa shape index (κ1) is 17.1. The second-order valence-electron chi connectivity index (χ2n) is 7.33. The number of aryl methyl sites for hydroxylation is 2. The van der Waals surface area contributed by atoms with Gasteiger partial charge in [0.2, 0.25) is 5.91 Å². The highest BCUT2D eigenvalue weighted by molar-refractivity contribution is 6.01. The lowest BCUT2D eigenvalue weighted by Crippen LogP contribution is -2.46. The Morgan fingerprint density at radius 1 is 1.23 bits per heavy atom. The van der Waals surface area contributed by atoms with E-state index in [0.29, 0.717) is 31.7 Å². The number of aromatic nitrogens is 1. The molecule has 0 radical (unpaired) electrons. The molecule has 2 aliphatic heterocycles. The van der Waals surface area contributed by atoms with Crippen molar-refractivity contribution in [2.24, 2.45) is 0 Å². The van der Waals surface area contributed by atoms with Crippen LogP contribution in [0, 0.1) is 13.8 Å². The number of H-pyrrole nitrogens is 1. The molecule has 2 aromatic rings. The number of likely N-dealkylation sites (tertiary alicyclic amines) is 1. The number of ether oxygens (including phenoxy) is 1. The van der Waals surface area contributed by atoms with Gasteiger partial charge < -0.3 is 19.9 Å². The average molecular weight is 355 g/mol. The van der Waals surface area contributed by atoms with Gasteiger partial charge in [0.25, 0.3) is 5.91 Å². The molecule has 2 N–H and O–H groups in total. The van der Waals surface area contributed by atoms with Crippen molar-refractivity contribution in [3.8, 4) is 0 Å². The van der Waals surface area contributed by atoms with Crippen LogP contribution in [-0.4, -0.2) is 53.5 Å². The SMILES string of the molecule is Cc1[nH]c2ccc(C(=O)NC3CCN(C4CCOCC4)C3=O)cc2c1C. The minimum atomic E-state index is -0.421. The van der Waals surface area contributed by atoms with E-state index in [0.717, 1.165) is 35.0 Å². The molecule has 2 fully saturated rings. The number of hydrogen-bond donors (Lipinski definition) is 2. The summed E-state index contributed by atoms with van der Waals surface area (Å²) in [5, 5.41) is 3.99. The van der Waals surface area contributed by atoms with E-state index >= 15 is 0 Å². The molecule has 6 heteroatoms. The van der Waals surface area contributed by atoms with Crippen LogP contribution in [0.4, 0.5) is 0 Å². The van der Waals surface area contributed by atoms with Crippen molar-refractivity contribution < 1.29 is 14.3 Å². The van der Waals surface area contributed by atoms with E-state index in [9.17, 15) is 9.59 Å². The first-order valence-corrected chi connectivity index (χ1v) is 9.32. The normalized spacial score (nSPS) is 21.5. The average Bonchev–Trinajstić information content (AvgIpc) is 3.15. The van der Waals surface area contributed by atoms with Gasteiger partial charge in [0.15, 0.2) is 0 Å². The highest BCUT2D eigenvalue weighted by Crippen LogP contribution is 2.24. The van der Waals surface area contributed by atoms with Crippen molar-refractivity contribution in [2.75, 3.05) is 19.8 Å². The van der Waals surface area contributed by atoms with Gasteiger partial charge in [-0.2, -0.15) is 0 Å². The Hall–Kier alpha value is -2.34. The number of hydrogen-bond acceptors (Lipinski definition) is 3. The summed E-state index contributed by atoms with van der Waals surface area (Å²) < 4.78 is 5.38. The Morgan fingerprint density at radius 3 is 2.77 bits per heavy atom. The molecule has 0 aliphatic carbocycles. The first-order chi connectivity index (χ1) is 12.5. The number of benzene rings is 1. The van der Waals surface area contributed by atoms with Crippen molar-refractivity contribution in [3.05, 3.63) is 35.0 Å². The molecule has 3 heterocycles. The predicted octanol–water partition coefficient (Wildman–Crippen LogP) is 2.29. The molecular formula is C20H25N3O3. The van der Waals surface area contributed by atoms with E-state index in [1.165, 1.54) is 0 Å². The Kier molecular flexibility index (Phi) is 4.44. The summed E-state index contributed by atoms with van der Waals surface area (Å²) in [6.07, 6.45) is 2.44. The summed E-state index contributed by atoms with van der Waals surface area (Å²) in [6.45, 7) is 6.20. The number of rotatable bonds is 3. The number of fused-ring (bicyclic) bond motifs is 1. The maximum Gasteiger partial charge on any atom is 0.251 e. The van der Waals surface area contributed by atoms with Crippen molar-refractivity contribution in [1.29, 1.82) is 0 Å². The topological polar surface area (TPSA) is 74.4 Å². The third-order valence-corrected chi connectivity index (χ3v) is 5.75. The molecule has 1 unspecified atom stereocenters. The van der Waals surface area contributed by atoms with E-state index in [2.05, 4.69) is 10.3 Å². The van der Waals surface area contributed by atoms with Crippen molar-refractivity contribution in [3.63, 3.8) is 0 Å². The van der Waals surface area contributed by atoms with Crippen molar-refractivity contribution in [2.45, 2.75) is 45.2 Å². The Bertz CT molecular complexity index is 851. The van der Waals surface area contributed by atoms with Crippen LogP contribution in [0.5, 0.6) is 0 Å². The molecule has 1 atom stereocenters. The minimum absolute atomic E-state index is 0.0417. The molecule has 26 heavy (non-hydrogen) atoms. The standard InChI is InChI=1S/C20H25N3O3/c1-12-13(2)21-17-4-3-14(11-16(12)17)19(24)22-18-5-8-23(20(18)25)15-6-9-26-10-7-15/h3-4,11,15,18,21H,5-10H2,1-2H3,(H,22,24). The molecule has 2 amide bonds. The van der Waals surface area contributed by atoms with Gasteiger partial charge in [-0.3, -0.25) is 9.59 Å². The van der Waals surface area contributed by atoms with Gasteiger partial charge in [0, 0.05) is 48.0 Å². The molecule has 1 aromatic heterocycles. The van der Waals surface area contributed by atoms with Gasteiger partial charge in [0.05, 0.1) is 0 Å². The van der Waals surface area contributed by atoms with E-state index in [1.807, 2.05) is 36.9 Å². The maximum atomic E-state index is 12.7. The van der Waals surface area contributed by atoms with Crippen LogP contribution < -0.4 is 5.32 Å². The number of nitrogens with one attached hydrogen (secondary N) is 2. The Morgan fingerprint density at radius 2 is 2.00 bits per heavy atom. The van der Waals surface area contributed by atoms with E-state index < -0.39 is 6.04 Å². The summed E-state index contributed by atoms with van der Waals surface area (Å²) in [6, 6.07) is 5.46. The van der Waals surface area contributed by atoms with Crippen LogP contribution in [0.25, 0.3) is 10.9 Å². The molecule has 138 valence electrons. The van der Waals surface area contributed by atoms with E-state index in [4.69, 9.17) is 4.74 Å². The van der Waals surface area contributed by atoms with Crippen LogP contribution in [0.15, 0.2) is 18.2 Å². The first-order valence-electron chi connectivity index (χ1n) is 9.32. The summed E-state index contributed by atoms with van der Waals surface area (Å²) in [5.41, 5.74) is 3.88. The fraction of sp³-hybridized carbons (Fsp3) is 0.500.